The van der Waals surface area contributed by atoms with Crippen molar-refractivity contribution in [3.63, 3.8) is 0 Å². The minimum Gasteiger partial charge on any atom is -0.491 e. The van der Waals surface area contributed by atoms with Crippen molar-refractivity contribution in [1.29, 1.82) is 0 Å². The highest BCUT2D eigenvalue weighted by Gasteiger charge is 2.18. The molecular formula is C14H18N4O3. The van der Waals surface area contributed by atoms with Gasteiger partial charge >= 0.3 is 0 Å². The molecule has 21 heavy (non-hydrogen) atoms. The molecule has 0 aliphatic rings. The standard InChI is InChI=1S/C14H18N4O3/c1-7(13-8(2)17-18-9(13)3)16-14(20)10-5-11(19)12(21-4)6-15-10/h5-7H,1-4H3,(H,15,19)(H,16,20)(H,17,18)/t7-/m0/s1. The van der Waals surface area contributed by atoms with Crippen LogP contribution in [0.3, 0.4) is 0 Å². The number of rotatable bonds is 4. The largest absolute Gasteiger partial charge is 0.491 e. The Kier molecular flexibility index (Phi) is 4.11. The smallest absolute Gasteiger partial charge is 0.268 e. The first-order valence-corrected chi connectivity index (χ1v) is 6.53. The van der Waals surface area contributed by atoms with Crippen molar-refractivity contribution < 1.29 is 9.53 Å². The van der Waals surface area contributed by atoms with E-state index in [1.807, 2.05) is 20.8 Å². The van der Waals surface area contributed by atoms with Crippen molar-refractivity contribution in [2.75, 3.05) is 7.11 Å². The molecule has 7 nitrogen and oxygen atoms in total. The summed E-state index contributed by atoms with van der Waals surface area (Å²) in [5.41, 5.74) is 2.53. The molecule has 0 radical (unpaired) electrons. The van der Waals surface area contributed by atoms with Gasteiger partial charge in [0.1, 0.15) is 5.69 Å². The van der Waals surface area contributed by atoms with Crippen LogP contribution in [-0.2, 0) is 0 Å². The predicted molar refractivity (Wildman–Crippen MR) is 77.6 cm³/mol. The Morgan fingerprint density at radius 1 is 1.43 bits per heavy atom. The number of hydrogen-bond acceptors (Lipinski definition) is 4. The van der Waals surface area contributed by atoms with Crippen LogP contribution < -0.4 is 15.5 Å². The number of nitrogens with one attached hydrogen (secondary N) is 3. The number of pyridine rings is 1. The number of hydrogen-bond donors (Lipinski definition) is 3. The van der Waals surface area contributed by atoms with E-state index in [2.05, 4.69) is 20.5 Å². The van der Waals surface area contributed by atoms with E-state index in [4.69, 9.17) is 4.74 Å². The Morgan fingerprint density at radius 3 is 2.67 bits per heavy atom. The predicted octanol–water partition coefficient (Wildman–Crippen LogP) is 1.21. The lowest BCUT2D eigenvalue weighted by molar-refractivity contribution is 0.0934. The van der Waals surface area contributed by atoms with Gasteiger partial charge in [0.05, 0.1) is 18.8 Å². The third-order valence-corrected chi connectivity index (χ3v) is 3.31. The quantitative estimate of drug-likeness (QED) is 0.788. The van der Waals surface area contributed by atoms with Crippen LogP contribution in [0.25, 0.3) is 0 Å². The van der Waals surface area contributed by atoms with Crippen molar-refractivity contribution in [1.82, 2.24) is 20.5 Å². The lowest BCUT2D eigenvalue weighted by atomic mass is 10.1. The molecule has 0 fully saturated rings. The third kappa shape index (κ3) is 2.96. The molecule has 0 aliphatic heterocycles. The van der Waals surface area contributed by atoms with Crippen LogP contribution >= 0.6 is 0 Å². The molecule has 1 amide bonds. The van der Waals surface area contributed by atoms with E-state index in [-0.39, 0.29) is 28.8 Å². The second kappa shape index (κ2) is 5.82. The highest BCUT2D eigenvalue weighted by Crippen LogP contribution is 2.19. The van der Waals surface area contributed by atoms with Crippen LogP contribution in [0.5, 0.6) is 5.75 Å². The Bertz CT molecular complexity index is 698. The fourth-order valence-electron chi connectivity index (χ4n) is 2.29. The molecule has 1 atom stereocenters. The van der Waals surface area contributed by atoms with Gasteiger partial charge in [0, 0.05) is 23.5 Å². The summed E-state index contributed by atoms with van der Waals surface area (Å²) in [4.78, 5) is 26.6. The Labute approximate surface area is 121 Å². The van der Waals surface area contributed by atoms with E-state index >= 15 is 0 Å². The number of nitrogens with zero attached hydrogens (tertiary/aromatic N) is 1. The SMILES string of the molecule is COc1c[nH]c(C(=O)N[C@@H](C)c2c(C)n[nH]c2C)cc1=O. The number of methoxy groups -OCH3 is 1. The summed E-state index contributed by atoms with van der Waals surface area (Å²) in [7, 11) is 1.40. The topological polar surface area (TPSA) is 99.9 Å². The van der Waals surface area contributed by atoms with E-state index < -0.39 is 0 Å². The van der Waals surface area contributed by atoms with Crippen molar-refractivity contribution in [3.8, 4) is 5.75 Å². The van der Waals surface area contributed by atoms with Crippen LogP contribution in [0.1, 0.15) is 40.4 Å². The van der Waals surface area contributed by atoms with Gasteiger partial charge in [0.25, 0.3) is 5.91 Å². The zero-order chi connectivity index (χ0) is 15.6. The van der Waals surface area contributed by atoms with E-state index in [1.54, 1.807) is 0 Å². The van der Waals surface area contributed by atoms with Gasteiger partial charge in [-0.05, 0) is 20.8 Å². The molecule has 0 saturated carbocycles. The summed E-state index contributed by atoms with van der Waals surface area (Å²) in [6, 6.07) is 0.998. The molecule has 112 valence electrons. The summed E-state index contributed by atoms with van der Waals surface area (Å²) in [5, 5.41) is 9.82. The zero-order valence-corrected chi connectivity index (χ0v) is 12.4. The van der Waals surface area contributed by atoms with Crippen LogP contribution in [-0.4, -0.2) is 28.2 Å². The van der Waals surface area contributed by atoms with E-state index in [1.165, 1.54) is 19.4 Å². The fourth-order valence-corrected chi connectivity index (χ4v) is 2.29. The molecule has 0 aliphatic carbocycles. The van der Waals surface area contributed by atoms with E-state index in [0.29, 0.717) is 0 Å². The first-order chi connectivity index (χ1) is 9.93. The average molecular weight is 290 g/mol. The number of carbonyl (C=O) groups excluding carboxylic acids is 1. The van der Waals surface area contributed by atoms with Gasteiger partial charge in [0.2, 0.25) is 5.43 Å². The number of carbonyl (C=O) groups is 1. The number of ether oxygens (including phenoxy) is 1. The number of aromatic amines is 2. The number of aryl methyl sites for hydroxylation is 2. The minimum atomic E-state index is -0.359. The summed E-state index contributed by atoms with van der Waals surface area (Å²) in [5.74, 6) is -0.191. The maximum absolute atomic E-state index is 12.2. The first kappa shape index (κ1) is 14.8. The molecule has 0 unspecified atom stereocenters. The Balaban J connectivity index is 2.18. The third-order valence-electron chi connectivity index (χ3n) is 3.31. The monoisotopic (exact) mass is 290 g/mol. The van der Waals surface area contributed by atoms with Crippen molar-refractivity contribution in [2.45, 2.75) is 26.8 Å². The molecular weight excluding hydrogens is 272 g/mol. The average Bonchev–Trinajstić information content (AvgIpc) is 2.77. The maximum atomic E-state index is 12.2. The molecule has 0 spiro atoms. The van der Waals surface area contributed by atoms with Crippen molar-refractivity contribution in [3.05, 3.63) is 45.1 Å². The van der Waals surface area contributed by atoms with Crippen molar-refractivity contribution >= 4 is 5.91 Å². The lowest BCUT2D eigenvalue weighted by Crippen LogP contribution is -2.29. The van der Waals surface area contributed by atoms with Crippen LogP contribution in [0.2, 0.25) is 0 Å². The maximum Gasteiger partial charge on any atom is 0.268 e. The molecule has 7 heteroatoms. The minimum absolute atomic E-state index is 0.168. The van der Waals surface area contributed by atoms with Gasteiger partial charge < -0.3 is 15.0 Å². The van der Waals surface area contributed by atoms with Gasteiger partial charge in [-0.1, -0.05) is 0 Å². The molecule has 0 bridgehead atoms. The van der Waals surface area contributed by atoms with Gasteiger partial charge in [-0.15, -0.1) is 0 Å². The van der Waals surface area contributed by atoms with Crippen LogP contribution in [0.15, 0.2) is 17.1 Å². The van der Waals surface area contributed by atoms with Gasteiger partial charge in [-0.25, -0.2) is 0 Å². The second-order valence-electron chi connectivity index (χ2n) is 4.82. The molecule has 0 aromatic carbocycles. The normalized spacial score (nSPS) is 12.0. The van der Waals surface area contributed by atoms with Gasteiger partial charge in [-0.2, -0.15) is 5.10 Å². The molecule has 3 N–H and O–H groups in total. The van der Waals surface area contributed by atoms with Crippen LogP contribution in [0, 0.1) is 13.8 Å². The highest BCUT2D eigenvalue weighted by molar-refractivity contribution is 5.92. The van der Waals surface area contributed by atoms with Gasteiger partial charge in [0.15, 0.2) is 5.75 Å². The highest BCUT2D eigenvalue weighted by atomic mass is 16.5. The summed E-state index contributed by atoms with van der Waals surface area (Å²) in [6.07, 6.45) is 1.37. The lowest BCUT2D eigenvalue weighted by Gasteiger charge is -2.14. The Hall–Kier alpha value is -2.57. The second-order valence-corrected chi connectivity index (χ2v) is 4.82. The molecule has 0 saturated heterocycles. The fraction of sp³-hybridized carbons (Fsp3) is 0.357. The van der Waals surface area contributed by atoms with Crippen molar-refractivity contribution in [2.24, 2.45) is 0 Å². The number of aromatic nitrogens is 3. The number of H-pyrrole nitrogens is 2. The Morgan fingerprint density at radius 2 is 2.14 bits per heavy atom. The summed E-state index contributed by atoms with van der Waals surface area (Å²) in [6.45, 7) is 5.63. The molecule has 2 aromatic heterocycles. The number of amides is 1. The zero-order valence-electron chi connectivity index (χ0n) is 12.4. The summed E-state index contributed by atoms with van der Waals surface area (Å²) >= 11 is 0. The van der Waals surface area contributed by atoms with Crippen LogP contribution in [0.4, 0.5) is 0 Å². The van der Waals surface area contributed by atoms with Gasteiger partial charge in [-0.3, -0.25) is 14.7 Å². The first-order valence-electron chi connectivity index (χ1n) is 6.53. The van der Waals surface area contributed by atoms with E-state index in [0.717, 1.165) is 17.0 Å². The van der Waals surface area contributed by atoms with E-state index in [9.17, 15) is 9.59 Å². The molecule has 2 heterocycles. The molecule has 2 aromatic rings. The summed E-state index contributed by atoms with van der Waals surface area (Å²) < 4.78 is 4.86. The molecule has 2 rings (SSSR count).